The molecule has 0 amide bonds. The highest BCUT2D eigenvalue weighted by molar-refractivity contribution is 6.09. The molecule has 174 valence electrons. The first-order chi connectivity index (χ1) is 17.7. The summed E-state index contributed by atoms with van der Waals surface area (Å²) in [5.74, 6) is 0. The average Bonchev–Trinajstić information content (AvgIpc) is 3.47. The summed E-state index contributed by atoms with van der Waals surface area (Å²) in [7, 11) is 0. The molecule has 0 N–H and O–H groups in total. The summed E-state index contributed by atoms with van der Waals surface area (Å²) in [4.78, 5) is 4.81. The van der Waals surface area contributed by atoms with Crippen LogP contribution in [-0.2, 0) is 0 Å². The number of hydrogen-bond donors (Lipinski definition) is 0. The molecule has 6 aromatic rings. The molecule has 1 aliphatic rings. The monoisotopic (exact) mass is 466 g/mol. The number of furan rings is 1. The van der Waals surface area contributed by atoms with Crippen LogP contribution in [0.1, 0.15) is 11.1 Å². The lowest BCUT2D eigenvalue weighted by atomic mass is 10.0. The van der Waals surface area contributed by atoms with Crippen molar-refractivity contribution < 1.29 is 4.42 Å². The summed E-state index contributed by atoms with van der Waals surface area (Å²) in [6, 6.07) is 38.9. The fourth-order valence-electron chi connectivity index (χ4n) is 5.56. The molecule has 36 heavy (non-hydrogen) atoms. The van der Waals surface area contributed by atoms with Crippen LogP contribution in [0.25, 0.3) is 33.1 Å². The van der Waals surface area contributed by atoms with Gasteiger partial charge in [-0.3, -0.25) is 0 Å². The minimum absolute atomic E-state index is 0.764. The van der Waals surface area contributed by atoms with Crippen molar-refractivity contribution in [3.63, 3.8) is 0 Å². The van der Waals surface area contributed by atoms with E-state index in [4.69, 9.17) is 4.42 Å². The molecule has 0 aliphatic carbocycles. The molecule has 0 unspecified atom stereocenters. The van der Waals surface area contributed by atoms with E-state index in [0.717, 1.165) is 39.7 Å². The standard InChI is InChI=1S/C33H26N2O/c1-22-17-23(2)19-26(18-22)35-21-34(25-9-4-3-5-10-25)31-20-24(15-16-30(31)35)27-12-8-13-29-28-11-6-7-14-32(28)36-33(27)29/h3-20H,21H2,1-2H3. The average molecular weight is 467 g/mol. The van der Waals surface area contributed by atoms with Crippen LogP contribution in [0.5, 0.6) is 0 Å². The molecule has 0 radical (unpaired) electrons. The summed E-state index contributed by atoms with van der Waals surface area (Å²) in [6.45, 7) is 5.10. The number of fused-ring (bicyclic) bond motifs is 4. The maximum absolute atomic E-state index is 6.36. The van der Waals surface area contributed by atoms with Crippen LogP contribution < -0.4 is 9.80 Å². The molecule has 0 saturated carbocycles. The van der Waals surface area contributed by atoms with Gasteiger partial charge in [-0.2, -0.15) is 0 Å². The van der Waals surface area contributed by atoms with Crippen molar-refractivity contribution in [3.8, 4) is 11.1 Å². The highest BCUT2D eigenvalue weighted by Crippen LogP contribution is 2.47. The Kier molecular flexibility index (Phi) is 4.65. The van der Waals surface area contributed by atoms with Gasteiger partial charge in [0.2, 0.25) is 0 Å². The van der Waals surface area contributed by atoms with Crippen molar-refractivity contribution in [1.82, 2.24) is 0 Å². The number of benzene rings is 5. The summed E-state index contributed by atoms with van der Waals surface area (Å²) in [6.07, 6.45) is 0. The smallest absolute Gasteiger partial charge is 0.143 e. The second-order valence-electron chi connectivity index (χ2n) is 9.66. The van der Waals surface area contributed by atoms with Gasteiger partial charge in [-0.15, -0.1) is 0 Å². The van der Waals surface area contributed by atoms with Gasteiger partial charge in [0.25, 0.3) is 0 Å². The van der Waals surface area contributed by atoms with E-state index in [-0.39, 0.29) is 0 Å². The van der Waals surface area contributed by atoms with E-state index in [1.54, 1.807) is 0 Å². The Morgan fingerprint density at radius 1 is 0.583 bits per heavy atom. The van der Waals surface area contributed by atoms with E-state index >= 15 is 0 Å². The maximum atomic E-state index is 6.36. The number of hydrogen-bond acceptors (Lipinski definition) is 3. The minimum Gasteiger partial charge on any atom is -0.455 e. The Morgan fingerprint density at radius 2 is 1.31 bits per heavy atom. The number of para-hydroxylation sites is 3. The van der Waals surface area contributed by atoms with Gasteiger partial charge in [0, 0.05) is 27.7 Å². The third kappa shape index (κ3) is 3.28. The predicted octanol–water partition coefficient (Wildman–Crippen LogP) is 9.12. The van der Waals surface area contributed by atoms with Gasteiger partial charge in [-0.25, -0.2) is 0 Å². The molecule has 1 aliphatic heterocycles. The van der Waals surface area contributed by atoms with Gasteiger partial charge < -0.3 is 14.2 Å². The Labute approximate surface area is 210 Å². The molecule has 0 bridgehead atoms. The summed E-state index contributed by atoms with van der Waals surface area (Å²) < 4.78 is 6.36. The minimum atomic E-state index is 0.764. The van der Waals surface area contributed by atoms with Crippen molar-refractivity contribution in [1.29, 1.82) is 0 Å². The normalized spacial score (nSPS) is 13.1. The van der Waals surface area contributed by atoms with Crippen molar-refractivity contribution in [2.24, 2.45) is 0 Å². The van der Waals surface area contributed by atoms with Gasteiger partial charge in [0.15, 0.2) is 0 Å². The predicted molar refractivity (Wildman–Crippen MR) is 151 cm³/mol. The van der Waals surface area contributed by atoms with Crippen molar-refractivity contribution >= 4 is 44.7 Å². The van der Waals surface area contributed by atoms with Crippen LogP contribution in [0.4, 0.5) is 22.7 Å². The zero-order valence-corrected chi connectivity index (χ0v) is 20.4. The molecule has 3 nitrogen and oxygen atoms in total. The lowest BCUT2D eigenvalue weighted by Crippen LogP contribution is -2.24. The lowest BCUT2D eigenvalue weighted by Gasteiger charge is -2.22. The van der Waals surface area contributed by atoms with E-state index in [2.05, 4.69) is 121 Å². The molecular weight excluding hydrogens is 440 g/mol. The van der Waals surface area contributed by atoms with Gasteiger partial charge in [-0.05, 0) is 73.0 Å². The van der Waals surface area contributed by atoms with E-state index < -0.39 is 0 Å². The fraction of sp³-hybridized carbons (Fsp3) is 0.0909. The van der Waals surface area contributed by atoms with Crippen LogP contribution in [0.2, 0.25) is 0 Å². The second kappa shape index (κ2) is 8.03. The largest absolute Gasteiger partial charge is 0.455 e. The van der Waals surface area contributed by atoms with Crippen molar-refractivity contribution in [2.45, 2.75) is 13.8 Å². The molecule has 2 heterocycles. The molecule has 0 spiro atoms. The fourth-order valence-corrected chi connectivity index (χ4v) is 5.56. The zero-order chi connectivity index (χ0) is 24.2. The lowest BCUT2D eigenvalue weighted by molar-refractivity contribution is 0.670. The van der Waals surface area contributed by atoms with Crippen LogP contribution in [0.3, 0.4) is 0 Å². The first-order valence-electron chi connectivity index (χ1n) is 12.4. The molecule has 0 fully saturated rings. The third-order valence-electron chi connectivity index (χ3n) is 7.14. The maximum Gasteiger partial charge on any atom is 0.143 e. The molecule has 3 heteroatoms. The first-order valence-corrected chi connectivity index (χ1v) is 12.4. The number of rotatable bonds is 3. The zero-order valence-electron chi connectivity index (χ0n) is 20.4. The van der Waals surface area contributed by atoms with E-state index in [0.29, 0.717) is 0 Å². The summed E-state index contributed by atoms with van der Waals surface area (Å²) in [5, 5.41) is 2.31. The number of nitrogens with zero attached hydrogens (tertiary/aromatic N) is 2. The number of anilines is 4. The van der Waals surface area contributed by atoms with Crippen LogP contribution in [-0.4, -0.2) is 6.67 Å². The molecular formula is C33H26N2O. The summed E-state index contributed by atoms with van der Waals surface area (Å²) >= 11 is 0. The van der Waals surface area contributed by atoms with Gasteiger partial charge >= 0.3 is 0 Å². The Morgan fingerprint density at radius 3 is 2.14 bits per heavy atom. The number of aryl methyl sites for hydroxylation is 2. The van der Waals surface area contributed by atoms with Gasteiger partial charge in [0.05, 0.1) is 11.4 Å². The van der Waals surface area contributed by atoms with Crippen LogP contribution >= 0.6 is 0 Å². The molecule has 5 aromatic carbocycles. The Bertz CT molecular complexity index is 1730. The quantitative estimate of drug-likeness (QED) is 0.259. The van der Waals surface area contributed by atoms with Crippen LogP contribution in [0.15, 0.2) is 114 Å². The first kappa shape index (κ1) is 20.8. The van der Waals surface area contributed by atoms with E-state index in [1.807, 2.05) is 12.1 Å². The van der Waals surface area contributed by atoms with Crippen LogP contribution in [0, 0.1) is 13.8 Å². The SMILES string of the molecule is Cc1cc(C)cc(N2CN(c3ccccc3)c3cc(-c4cccc5c4oc4ccccc45)ccc32)c1. The third-order valence-corrected chi connectivity index (χ3v) is 7.14. The van der Waals surface area contributed by atoms with Gasteiger partial charge in [0.1, 0.15) is 17.8 Å². The molecule has 0 atom stereocenters. The topological polar surface area (TPSA) is 19.6 Å². The summed E-state index contributed by atoms with van der Waals surface area (Å²) in [5.41, 5.74) is 11.5. The van der Waals surface area contributed by atoms with E-state index in [1.165, 1.54) is 33.9 Å². The van der Waals surface area contributed by atoms with Crippen molar-refractivity contribution in [3.05, 3.63) is 120 Å². The van der Waals surface area contributed by atoms with Gasteiger partial charge in [-0.1, -0.05) is 66.7 Å². The Balaban J connectivity index is 1.42. The molecule has 1 aromatic heterocycles. The Hall–Kier alpha value is -4.50. The van der Waals surface area contributed by atoms with Crippen molar-refractivity contribution in [2.75, 3.05) is 16.5 Å². The molecule has 0 saturated heterocycles. The molecule has 7 rings (SSSR count). The highest BCUT2D eigenvalue weighted by Gasteiger charge is 2.29. The second-order valence-corrected chi connectivity index (χ2v) is 9.66. The highest BCUT2D eigenvalue weighted by atomic mass is 16.3. The van der Waals surface area contributed by atoms with E-state index in [9.17, 15) is 0 Å².